The van der Waals surface area contributed by atoms with E-state index in [2.05, 4.69) is 10.2 Å². The molecule has 6 nitrogen and oxygen atoms in total. The SMILES string of the molecule is CCN(C(=O)C(C)Sc1nnc(-c2ccc(Cl)cc2)n1Cc1ccco1)c1ccccc1. The Hall–Kier alpha value is -3.03. The van der Waals surface area contributed by atoms with Crippen LogP contribution in [0.1, 0.15) is 19.6 Å². The highest BCUT2D eigenvalue weighted by atomic mass is 35.5. The van der Waals surface area contributed by atoms with Crippen LogP contribution in [0.15, 0.2) is 82.6 Å². The minimum absolute atomic E-state index is 0.0179. The fourth-order valence-electron chi connectivity index (χ4n) is 3.39. The van der Waals surface area contributed by atoms with Gasteiger partial charge in [0.1, 0.15) is 5.76 Å². The van der Waals surface area contributed by atoms with Gasteiger partial charge in [-0.2, -0.15) is 0 Å². The second-order valence-electron chi connectivity index (χ2n) is 7.16. The quantitative estimate of drug-likeness (QED) is 0.308. The van der Waals surface area contributed by atoms with Gasteiger partial charge >= 0.3 is 0 Å². The normalized spacial score (nSPS) is 12.0. The number of carbonyl (C=O) groups excluding carboxylic acids is 1. The average molecular weight is 467 g/mol. The first-order valence-electron chi connectivity index (χ1n) is 10.3. The molecule has 2 aromatic carbocycles. The van der Waals surface area contributed by atoms with Crippen LogP contribution in [0.3, 0.4) is 0 Å². The molecule has 0 bridgehead atoms. The van der Waals surface area contributed by atoms with Crippen molar-refractivity contribution in [3.8, 4) is 11.4 Å². The van der Waals surface area contributed by atoms with Crippen molar-refractivity contribution in [1.29, 1.82) is 0 Å². The van der Waals surface area contributed by atoms with Gasteiger partial charge in [-0.25, -0.2) is 0 Å². The molecule has 164 valence electrons. The van der Waals surface area contributed by atoms with Crippen molar-refractivity contribution in [1.82, 2.24) is 14.8 Å². The zero-order valence-electron chi connectivity index (χ0n) is 17.8. The van der Waals surface area contributed by atoms with Crippen molar-refractivity contribution in [2.24, 2.45) is 0 Å². The molecule has 2 aromatic heterocycles. The average Bonchev–Trinajstić information content (AvgIpc) is 3.46. The van der Waals surface area contributed by atoms with Gasteiger partial charge in [0.2, 0.25) is 5.91 Å². The van der Waals surface area contributed by atoms with Gasteiger partial charge in [-0.1, -0.05) is 41.6 Å². The lowest BCUT2D eigenvalue weighted by Gasteiger charge is -2.24. The monoisotopic (exact) mass is 466 g/mol. The number of furan rings is 1. The van der Waals surface area contributed by atoms with Crippen molar-refractivity contribution in [2.75, 3.05) is 11.4 Å². The number of rotatable bonds is 8. The maximum absolute atomic E-state index is 13.2. The van der Waals surface area contributed by atoms with Crippen LogP contribution in [-0.4, -0.2) is 32.5 Å². The molecule has 4 rings (SSSR count). The fraction of sp³-hybridized carbons (Fsp3) is 0.208. The molecule has 1 amide bonds. The summed E-state index contributed by atoms with van der Waals surface area (Å²) in [5.74, 6) is 1.49. The van der Waals surface area contributed by atoms with Gasteiger partial charge in [0.25, 0.3) is 0 Å². The van der Waals surface area contributed by atoms with E-state index in [1.807, 2.05) is 85.1 Å². The Kier molecular flexibility index (Phi) is 6.97. The summed E-state index contributed by atoms with van der Waals surface area (Å²) < 4.78 is 7.52. The number of nitrogens with zero attached hydrogens (tertiary/aromatic N) is 4. The summed E-state index contributed by atoms with van der Waals surface area (Å²) in [6.45, 7) is 4.91. The number of para-hydroxylation sites is 1. The summed E-state index contributed by atoms with van der Waals surface area (Å²) in [6, 6.07) is 20.9. The number of anilines is 1. The highest BCUT2D eigenvalue weighted by molar-refractivity contribution is 8.00. The van der Waals surface area contributed by atoms with Gasteiger partial charge in [0, 0.05) is 22.8 Å². The second kappa shape index (κ2) is 10.1. The zero-order chi connectivity index (χ0) is 22.5. The molecule has 2 heterocycles. The van der Waals surface area contributed by atoms with Crippen LogP contribution in [-0.2, 0) is 11.3 Å². The van der Waals surface area contributed by atoms with E-state index in [1.54, 1.807) is 11.2 Å². The Morgan fingerprint density at radius 1 is 1.09 bits per heavy atom. The van der Waals surface area contributed by atoms with Crippen molar-refractivity contribution < 1.29 is 9.21 Å². The molecule has 0 saturated heterocycles. The summed E-state index contributed by atoms with van der Waals surface area (Å²) in [5, 5.41) is 9.77. The van der Waals surface area contributed by atoms with Crippen LogP contribution < -0.4 is 4.90 Å². The van der Waals surface area contributed by atoms with Crippen molar-refractivity contribution >= 4 is 35.0 Å². The molecule has 0 spiro atoms. The summed E-state index contributed by atoms with van der Waals surface area (Å²) in [7, 11) is 0. The number of hydrogen-bond acceptors (Lipinski definition) is 5. The van der Waals surface area contributed by atoms with E-state index in [0.717, 1.165) is 17.0 Å². The minimum Gasteiger partial charge on any atom is -0.467 e. The van der Waals surface area contributed by atoms with E-state index < -0.39 is 0 Å². The number of halogens is 1. The number of aromatic nitrogens is 3. The molecule has 0 aliphatic carbocycles. The molecule has 0 N–H and O–H groups in total. The molecule has 0 radical (unpaired) electrons. The lowest BCUT2D eigenvalue weighted by atomic mass is 10.2. The van der Waals surface area contributed by atoms with Crippen LogP contribution in [0.2, 0.25) is 5.02 Å². The first-order chi connectivity index (χ1) is 15.6. The standard InChI is InChI=1S/C24H23ClN4O2S/c1-3-28(20-8-5-4-6-9-20)23(30)17(2)32-24-27-26-22(18-11-13-19(25)14-12-18)29(24)16-21-10-7-15-31-21/h4-15,17H,3,16H2,1-2H3. The smallest absolute Gasteiger partial charge is 0.240 e. The van der Waals surface area contributed by atoms with Crippen molar-refractivity contribution in [2.45, 2.75) is 30.8 Å². The van der Waals surface area contributed by atoms with Gasteiger partial charge < -0.3 is 9.32 Å². The second-order valence-corrected chi connectivity index (χ2v) is 8.90. The maximum atomic E-state index is 13.2. The molecule has 0 saturated carbocycles. The van der Waals surface area contributed by atoms with Gasteiger partial charge in [0.05, 0.1) is 18.1 Å². The van der Waals surface area contributed by atoms with E-state index in [0.29, 0.717) is 29.1 Å². The molecule has 32 heavy (non-hydrogen) atoms. The third kappa shape index (κ3) is 4.89. The van der Waals surface area contributed by atoms with Gasteiger partial charge in [-0.15, -0.1) is 10.2 Å². The molecule has 4 aromatic rings. The molecule has 1 atom stereocenters. The first-order valence-corrected chi connectivity index (χ1v) is 11.6. The maximum Gasteiger partial charge on any atom is 0.240 e. The molecule has 1 unspecified atom stereocenters. The summed E-state index contributed by atoms with van der Waals surface area (Å²) in [6.07, 6.45) is 1.64. The number of thioether (sulfide) groups is 1. The molecular formula is C24H23ClN4O2S. The fourth-order valence-corrected chi connectivity index (χ4v) is 4.43. The number of amides is 1. The predicted molar refractivity (Wildman–Crippen MR) is 128 cm³/mol. The summed E-state index contributed by atoms with van der Waals surface area (Å²) in [4.78, 5) is 15.0. The molecule has 0 aliphatic rings. The van der Waals surface area contributed by atoms with Gasteiger partial charge in [0.15, 0.2) is 11.0 Å². The third-order valence-corrected chi connectivity index (χ3v) is 6.31. The van der Waals surface area contributed by atoms with Crippen molar-refractivity contribution in [3.63, 3.8) is 0 Å². The molecule has 0 aliphatic heterocycles. The van der Waals surface area contributed by atoms with Crippen LogP contribution in [0.4, 0.5) is 5.69 Å². The lowest BCUT2D eigenvalue weighted by molar-refractivity contribution is -0.117. The van der Waals surface area contributed by atoms with Crippen LogP contribution in [0, 0.1) is 0 Å². The first kappa shape index (κ1) is 22.2. The summed E-state index contributed by atoms with van der Waals surface area (Å²) >= 11 is 7.44. The Morgan fingerprint density at radius 3 is 2.50 bits per heavy atom. The Labute approximate surface area is 196 Å². The Balaban J connectivity index is 1.62. The van der Waals surface area contributed by atoms with Crippen molar-refractivity contribution in [3.05, 3.63) is 83.8 Å². The molecule has 8 heteroatoms. The van der Waals surface area contributed by atoms with E-state index in [9.17, 15) is 4.79 Å². The Bertz CT molecular complexity index is 1160. The van der Waals surface area contributed by atoms with Crippen LogP contribution in [0.25, 0.3) is 11.4 Å². The van der Waals surface area contributed by atoms with Crippen LogP contribution in [0.5, 0.6) is 0 Å². The number of carbonyl (C=O) groups is 1. The highest BCUT2D eigenvalue weighted by Gasteiger charge is 2.25. The van der Waals surface area contributed by atoms with E-state index >= 15 is 0 Å². The molecule has 0 fully saturated rings. The van der Waals surface area contributed by atoms with Gasteiger partial charge in [-0.3, -0.25) is 9.36 Å². The zero-order valence-corrected chi connectivity index (χ0v) is 19.4. The number of hydrogen-bond donors (Lipinski definition) is 0. The minimum atomic E-state index is -0.354. The van der Waals surface area contributed by atoms with Gasteiger partial charge in [-0.05, 0) is 62.4 Å². The van der Waals surface area contributed by atoms with Crippen LogP contribution >= 0.6 is 23.4 Å². The third-order valence-electron chi connectivity index (χ3n) is 4.99. The topological polar surface area (TPSA) is 64.2 Å². The number of benzene rings is 2. The largest absolute Gasteiger partial charge is 0.467 e. The lowest BCUT2D eigenvalue weighted by Crippen LogP contribution is -2.36. The van der Waals surface area contributed by atoms with E-state index in [1.165, 1.54) is 11.8 Å². The summed E-state index contributed by atoms with van der Waals surface area (Å²) in [5.41, 5.74) is 1.77. The predicted octanol–water partition coefficient (Wildman–Crippen LogP) is 5.77. The highest BCUT2D eigenvalue weighted by Crippen LogP contribution is 2.30. The Morgan fingerprint density at radius 2 is 1.84 bits per heavy atom. The molecular weight excluding hydrogens is 444 g/mol. The van der Waals surface area contributed by atoms with E-state index in [-0.39, 0.29) is 11.2 Å². The van der Waals surface area contributed by atoms with E-state index in [4.69, 9.17) is 16.0 Å².